The van der Waals surface area contributed by atoms with Crippen LogP contribution in [0.3, 0.4) is 0 Å². The van der Waals surface area contributed by atoms with E-state index in [1.54, 1.807) is 0 Å². The van der Waals surface area contributed by atoms with Crippen molar-refractivity contribution in [2.24, 2.45) is 0 Å². The van der Waals surface area contributed by atoms with Crippen molar-refractivity contribution >= 4 is 33.5 Å². The summed E-state index contributed by atoms with van der Waals surface area (Å²) in [6.45, 7) is 0. The van der Waals surface area contributed by atoms with Gasteiger partial charge in [-0.25, -0.2) is 9.18 Å². The number of halogens is 3. The molecule has 2 N–H and O–H groups in total. The van der Waals surface area contributed by atoms with E-state index in [-0.39, 0.29) is 9.50 Å². The maximum Gasteiger partial charge on any atom is 0.339 e. The second-order valence-corrected chi connectivity index (χ2v) is 3.36. The number of hydrogen-bond donors (Lipinski definition) is 2. The molecular weight excluding hydrogens is 266 g/mol. The number of carbonyl (C=O) groups is 1. The van der Waals surface area contributed by atoms with E-state index < -0.39 is 23.1 Å². The molecule has 0 aliphatic carbocycles. The second kappa shape index (κ2) is 3.51. The molecule has 0 saturated heterocycles. The Morgan fingerprint density at radius 1 is 1.62 bits per heavy atom. The zero-order valence-electron chi connectivity index (χ0n) is 6.01. The normalized spacial score (nSPS) is 10.1. The Balaban J connectivity index is 3.50. The molecule has 0 aliphatic heterocycles. The predicted molar refractivity (Wildman–Crippen MR) is 47.7 cm³/mol. The number of hydrogen-bond acceptors (Lipinski definition) is 2. The zero-order chi connectivity index (χ0) is 10.2. The Hall–Kier alpha value is -0.810. The van der Waals surface area contributed by atoms with Crippen molar-refractivity contribution in [3.05, 3.63) is 26.9 Å². The van der Waals surface area contributed by atoms with Crippen molar-refractivity contribution in [3.63, 3.8) is 0 Å². The lowest BCUT2D eigenvalue weighted by Crippen LogP contribution is -1.98. The molecule has 0 aliphatic rings. The van der Waals surface area contributed by atoms with Gasteiger partial charge < -0.3 is 10.2 Å². The van der Waals surface area contributed by atoms with Crippen LogP contribution in [-0.4, -0.2) is 16.2 Å². The summed E-state index contributed by atoms with van der Waals surface area (Å²) in [5, 5.41) is 17.4. The molecule has 70 valence electrons. The minimum atomic E-state index is -1.42. The fraction of sp³-hybridized carbons (Fsp3) is 0. The predicted octanol–water partition coefficient (Wildman–Crippen LogP) is 2.65. The van der Waals surface area contributed by atoms with E-state index >= 15 is 0 Å². The summed E-state index contributed by atoms with van der Waals surface area (Å²) < 4.78 is 12.7. The molecule has 0 spiro atoms. The molecule has 0 atom stereocenters. The standard InChI is InChI=1S/C7H3BrClFO3/c8-4-5(9)3(10)1-2(6(4)11)7(12)13/h1,11H,(H,12,13). The fourth-order valence-electron chi connectivity index (χ4n) is 0.748. The molecule has 1 rings (SSSR count). The first-order valence-electron chi connectivity index (χ1n) is 3.05. The topological polar surface area (TPSA) is 57.5 Å². The van der Waals surface area contributed by atoms with Gasteiger partial charge in [-0.05, 0) is 22.0 Å². The maximum atomic E-state index is 12.8. The van der Waals surface area contributed by atoms with Crippen LogP contribution in [0.2, 0.25) is 5.02 Å². The molecule has 0 heterocycles. The lowest BCUT2D eigenvalue weighted by molar-refractivity contribution is 0.0693. The molecule has 0 saturated carbocycles. The van der Waals surface area contributed by atoms with Crippen molar-refractivity contribution in [3.8, 4) is 5.75 Å². The SMILES string of the molecule is O=C(O)c1cc(F)c(Cl)c(Br)c1O. The quantitative estimate of drug-likeness (QED) is 0.771. The molecule has 3 nitrogen and oxygen atoms in total. The number of carboxylic acid groups (broad SMARTS) is 1. The molecule has 0 radical (unpaired) electrons. The van der Waals surface area contributed by atoms with Gasteiger partial charge in [0.1, 0.15) is 17.1 Å². The Morgan fingerprint density at radius 3 is 2.62 bits per heavy atom. The minimum Gasteiger partial charge on any atom is -0.506 e. The molecule has 1 aromatic carbocycles. The number of carboxylic acids is 1. The molecule has 1 aromatic rings. The van der Waals surface area contributed by atoms with Crippen LogP contribution in [0.15, 0.2) is 10.5 Å². The van der Waals surface area contributed by atoms with Crippen LogP contribution in [-0.2, 0) is 0 Å². The zero-order valence-corrected chi connectivity index (χ0v) is 8.36. The summed E-state index contributed by atoms with van der Waals surface area (Å²) in [5.74, 6) is -2.91. The van der Waals surface area contributed by atoms with Crippen molar-refractivity contribution in [1.82, 2.24) is 0 Å². The highest BCUT2D eigenvalue weighted by Gasteiger charge is 2.18. The second-order valence-electron chi connectivity index (χ2n) is 2.19. The third-order valence-corrected chi connectivity index (χ3v) is 2.74. The third-order valence-electron chi connectivity index (χ3n) is 1.37. The molecule has 0 aromatic heterocycles. The van der Waals surface area contributed by atoms with E-state index in [2.05, 4.69) is 15.9 Å². The summed E-state index contributed by atoms with van der Waals surface area (Å²) in [6.07, 6.45) is 0. The Kier molecular flexibility index (Phi) is 2.77. The van der Waals surface area contributed by atoms with E-state index in [0.717, 1.165) is 0 Å². The van der Waals surface area contributed by atoms with Crippen molar-refractivity contribution < 1.29 is 19.4 Å². The summed E-state index contributed by atoms with van der Waals surface area (Å²) in [4.78, 5) is 10.4. The van der Waals surface area contributed by atoms with Gasteiger partial charge in [0.25, 0.3) is 0 Å². The molecule has 6 heteroatoms. The van der Waals surface area contributed by atoms with Gasteiger partial charge in [0.15, 0.2) is 0 Å². The van der Waals surface area contributed by atoms with Crippen LogP contribution < -0.4 is 0 Å². The summed E-state index contributed by atoms with van der Waals surface area (Å²) in [7, 11) is 0. The van der Waals surface area contributed by atoms with Crippen LogP contribution in [0, 0.1) is 5.82 Å². The largest absolute Gasteiger partial charge is 0.506 e. The number of benzene rings is 1. The maximum absolute atomic E-state index is 12.8. The van der Waals surface area contributed by atoms with E-state index in [0.29, 0.717) is 6.07 Å². The lowest BCUT2D eigenvalue weighted by atomic mass is 10.2. The summed E-state index contributed by atoms with van der Waals surface area (Å²) >= 11 is 8.15. The molecule has 0 bridgehead atoms. The highest BCUT2D eigenvalue weighted by atomic mass is 79.9. The first-order valence-corrected chi connectivity index (χ1v) is 4.22. The van der Waals surface area contributed by atoms with E-state index in [9.17, 15) is 14.3 Å². The fourth-order valence-corrected chi connectivity index (χ4v) is 1.30. The van der Waals surface area contributed by atoms with Crippen LogP contribution in [0.1, 0.15) is 10.4 Å². The van der Waals surface area contributed by atoms with Gasteiger partial charge in [-0.1, -0.05) is 11.6 Å². The van der Waals surface area contributed by atoms with Crippen LogP contribution in [0.25, 0.3) is 0 Å². The number of phenols is 1. The van der Waals surface area contributed by atoms with Gasteiger partial charge in [-0.3, -0.25) is 0 Å². The van der Waals surface area contributed by atoms with Crippen molar-refractivity contribution in [1.29, 1.82) is 0 Å². The van der Waals surface area contributed by atoms with E-state index in [4.69, 9.17) is 16.7 Å². The third kappa shape index (κ3) is 1.76. The van der Waals surface area contributed by atoms with Crippen molar-refractivity contribution in [2.45, 2.75) is 0 Å². The smallest absolute Gasteiger partial charge is 0.339 e. The van der Waals surface area contributed by atoms with Gasteiger partial charge in [0.05, 0.1) is 9.50 Å². The van der Waals surface area contributed by atoms with E-state index in [1.807, 2.05) is 0 Å². The van der Waals surface area contributed by atoms with Gasteiger partial charge in [0, 0.05) is 0 Å². The number of rotatable bonds is 1. The Morgan fingerprint density at radius 2 is 2.15 bits per heavy atom. The van der Waals surface area contributed by atoms with Crippen LogP contribution in [0.5, 0.6) is 5.75 Å². The molecule has 0 amide bonds. The first-order chi connectivity index (χ1) is 5.95. The minimum absolute atomic E-state index is 0.161. The summed E-state index contributed by atoms with van der Waals surface area (Å²) in [6, 6.07) is 0.657. The Labute approximate surface area is 85.9 Å². The lowest BCUT2D eigenvalue weighted by Gasteiger charge is -2.04. The van der Waals surface area contributed by atoms with E-state index in [1.165, 1.54) is 0 Å². The first kappa shape index (κ1) is 10.3. The monoisotopic (exact) mass is 268 g/mol. The average molecular weight is 269 g/mol. The summed E-state index contributed by atoms with van der Waals surface area (Å²) in [5.41, 5.74) is -0.534. The van der Waals surface area contributed by atoms with Crippen LogP contribution in [0.4, 0.5) is 4.39 Å². The molecule has 0 unspecified atom stereocenters. The van der Waals surface area contributed by atoms with Gasteiger partial charge in [0.2, 0.25) is 0 Å². The molecule has 0 fully saturated rings. The average Bonchev–Trinajstić information content (AvgIpc) is 2.07. The highest BCUT2D eigenvalue weighted by molar-refractivity contribution is 9.10. The van der Waals surface area contributed by atoms with Crippen LogP contribution >= 0.6 is 27.5 Å². The highest BCUT2D eigenvalue weighted by Crippen LogP contribution is 2.36. The van der Waals surface area contributed by atoms with Crippen molar-refractivity contribution in [2.75, 3.05) is 0 Å². The van der Waals surface area contributed by atoms with Gasteiger partial charge >= 0.3 is 5.97 Å². The number of aromatic carboxylic acids is 1. The Bertz CT molecular complexity index is 380. The molecular formula is C7H3BrClFO3. The van der Waals surface area contributed by atoms with Gasteiger partial charge in [-0.2, -0.15) is 0 Å². The van der Waals surface area contributed by atoms with Gasteiger partial charge in [-0.15, -0.1) is 0 Å². The molecule has 13 heavy (non-hydrogen) atoms. The number of aromatic hydroxyl groups is 1.